The van der Waals surface area contributed by atoms with Gasteiger partial charge in [-0.2, -0.15) is 0 Å². The molecule has 0 radical (unpaired) electrons. The van der Waals surface area contributed by atoms with E-state index >= 15 is 0 Å². The van der Waals surface area contributed by atoms with Crippen molar-refractivity contribution in [1.29, 1.82) is 0 Å². The minimum atomic E-state index is 1.03. The summed E-state index contributed by atoms with van der Waals surface area (Å²) in [6, 6.07) is 1.96. The second-order valence-electron chi connectivity index (χ2n) is 3.85. The molecule has 0 amide bonds. The van der Waals surface area contributed by atoms with Crippen molar-refractivity contribution in [2.45, 2.75) is 51.8 Å². The first kappa shape index (κ1) is 11.4. The molecule has 0 atom stereocenters. The molecule has 0 fully saturated rings. The van der Waals surface area contributed by atoms with E-state index in [0.29, 0.717) is 0 Å². The van der Waals surface area contributed by atoms with E-state index in [2.05, 4.69) is 12.1 Å². The van der Waals surface area contributed by atoms with Crippen LogP contribution in [0.2, 0.25) is 6.32 Å². The smallest absolute Gasteiger partial charge is 0.208 e. The Morgan fingerprint density at radius 2 is 2.00 bits per heavy atom. The Kier molecular flexibility index (Phi) is 6.21. The van der Waals surface area contributed by atoms with Crippen molar-refractivity contribution in [3.05, 3.63) is 12.3 Å². The molecule has 78 valence electrons. The Labute approximate surface area is 87.3 Å². The lowest BCUT2D eigenvalue weighted by atomic mass is 9.70. The molecule has 0 aliphatic rings. The zero-order chi connectivity index (χ0) is 10.1. The minimum absolute atomic E-state index is 1.03. The van der Waals surface area contributed by atoms with E-state index in [0.717, 1.165) is 12.9 Å². The van der Waals surface area contributed by atoms with Gasteiger partial charge >= 0.3 is 0 Å². The molecule has 0 N–H and O–H groups in total. The summed E-state index contributed by atoms with van der Waals surface area (Å²) < 4.78 is 5.03. The Morgan fingerprint density at radius 1 is 1.21 bits per heavy atom. The highest BCUT2D eigenvalue weighted by atomic mass is 16.5. The molecule has 1 aromatic rings. The molecular formula is C11H20BNO. The van der Waals surface area contributed by atoms with E-state index in [1.165, 1.54) is 44.8 Å². The first-order valence-electron chi connectivity index (χ1n) is 5.83. The Bertz CT molecular complexity index is 211. The molecule has 3 heteroatoms. The molecule has 0 aromatic carbocycles. The van der Waals surface area contributed by atoms with Gasteiger partial charge in [0.05, 0.1) is 11.9 Å². The SMILES string of the molecule is CCCCCCCCBc1ccno1. The summed E-state index contributed by atoms with van der Waals surface area (Å²) in [6.07, 6.45) is 11.2. The molecule has 0 aliphatic carbocycles. The van der Waals surface area contributed by atoms with Crippen molar-refractivity contribution in [3.8, 4) is 0 Å². The normalized spacial score (nSPS) is 10.4. The second kappa shape index (κ2) is 7.66. The van der Waals surface area contributed by atoms with Crippen LogP contribution in [0.25, 0.3) is 0 Å². The van der Waals surface area contributed by atoms with Gasteiger partial charge in [-0.3, -0.25) is 0 Å². The predicted octanol–water partition coefficient (Wildman–Crippen LogP) is 2.52. The molecule has 0 saturated heterocycles. The van der Waals surface area contributed by atoms with Gasteiger partial charge < -0.3 is 4.52 Å². The molecule has 1 heterocycles. The van der Waals surface area contributed by atoms with Gasteiger partial charge in [0.1, 0.15) is 0 Å². The number of rotatable bonds is 8. The van der Waals surface area contributed by atoms with Crippen LogP contribution >= 0.6 is 0 Å². The zero-order valence-electron chi connectivity index (χ0n) is 9.17. The highest BCUT2D eigenvalue weighted by Crippen LogP contribution is 2.06. The maximum atomic E-state index is 5.03. The van der Waals surface area contributed by atoms with E-state index in [4.69, 9.17) is 4.52 Å². The summed E-state index contributed by atoms with van der Waals surface area (Å²) >= 11 is 0. The van der Waals surface area contributed by atoms with Gasteiger partial charge in [0.25, 0.3) is 0 Å². The minimum Gasteiger partial charge on any atom is -0.372 e. The monoisotopic (exact) mass is 193 g/mol. The number of unbranched alkanes of at least 4 members (excludes halogenated alkanes) is 5. The van der Waals surface area contributed by atoms with Crippen LogP contribution in [-0.4, -0.2) is 12.4 Å². The summed E-state index contributed by atoms with van der Waals surface area (Å²) in [5, 5.41) is 3.69. The largest absolute Gasteiger partial charge is 0.372 e. The molecule has 0 spiro atoms. The molecule has 0 aliphatic heterocycles. The number of hydrogen-bond donors (Lipinski definition) is 0. The van der Waals surface area contributed by atoms with E-state index in [1.54, 1.807) is 6.20 Å². The topological polar surface area (TPSA) is 26.0 Å². The van der Waals surface area contributed by atoms with E-state index in [1.807, 2.05) is 6.07 Å². The van der Waals surface area contributed by atoms with Gasteiger partial charge in [0.15, 0.2) is 0 Å². The van der Waals surface area contributed by atoms with Crippen molar-refractivity contribution in [2.75, 3.05) is 0 Å². The summed E-state index contributed by atoms with van der Waals surface area (Å²) in [5.74, 6) is 0. The Hall–Kier alpha value is -0.725. The van der Waals surface area contributed by atoms with E-state index in [-0.39, 0.29) is 0 Å². The maximum Gasteiger partial charge on any atom is 0.208 e. The summed E-state index contributed by atoms with van der Waals surface area (Å²) in [7, 11) is 1.05. The van der Waals surface area contributed by atoms with Crippen molar-refractivity contribution in [2.24, 2.45) is 0 Å². The summed E-state index contributed by atoms with van der Waals surface area (Å²) in [5.41, 5.74) is 1.03. The fourth-order valence-corrected chi connectivity index (χ4v) is 1.63. The highest BCUT2D eigenvalue weighted by Gasteiger charge is 1.99. The average molecular weight is 193 g/mol. The van der Waals surface area contributed by atoms with Crippen molar-refractivity contribution in [1.82, 2.24) is 5.16 Å². The predicted molar refractivity (Wildman–Crippen MR) is 61.5 cm³/mol. The third-order valence-electron chi connectivity index (χ3n) is 2.52. The number of aromatic nitrogens is 1. The van der Waals surface area contributed by atoms with Gasteiger partial charge in [0, 0.05) is 0 Å². The average Bonchev–Trinajstić information content (AvgIpc) is 2.69. The fraction of sp³-hybridized carbons (Fsp3) is 0.727. The highest BCUT2D eigenvalue weighted by molar-refractivity contribution is 6.51. The molecular weight excluding hydrogens is 173 g/mol. The quantitative estimate of drug-likeness (QED) is 0.468. The number of nitrogens with zero attached hydrogens (tertiary/aromatic N) is 1. The van der Waals surface area contributed by atoms with Crippen LogP contribution in [0.5, 0.6) is 0 Å². The van der Waals surface area contributed by atoms with Crippen LogP contribution in [0, 0.1) is 0 Å². The first-order valence-corrected chi connectivity index (χ1v) is 5.83. The summed E-state index contributed by atoms with van der Waals surface area (Å²) in [6.45, 7) is 2.25. The lowest BCUT2D eigenvalue weighted by molar-refractivity contribution is 0.445. The van der Waals surface area contributed by atoms with Crippen molar-refractivity contribution in [3.63, 3.8) is 0 Å². The third kappa shape index (κ3) is 5.10. The van der Waals surface area contributed by atoms with Gasteiger partial charge in [-0.1, -0.05) is 56.9 Å². The zero-order valence-corrected chi connectivity index (χ0v) is 9.17. The maximum absolute atomic E-state index is 5.03. The van der Waals surface area contributed by atoms with Crippen LogP contribution in [-0.2, 0) is 0 Å². The van der Waals surface area contributed by atoms with Gasteiger partial charge in [-0.05, 0) is 6.07 Å². The second-order valence-corrected chi connectivity index (χ2v) is 3.85. The number of hydrogen-bond acceptors (Lipinski definition) is 2. The molecule has 1 aromatic heterocycles. The molecule has 1 rings (SSSR count). The van der Waals surface area contributed by atoms with Crippen LogP contribution in [0.1, 0.15) is 45.4 Å². The van der Waals surface area contributed by atoms with Crippen molar-refractivity contribution >= 4 is 12.9 Å². The van der Waals surface area contributed by atoms with Gasteiger partial charge in [-0.25, -0.2) is 0 Å². The Morgan fingerprint density at radius 3 is 2.71 bits per heavy atom. The summed E-state index contributed by atoms with van der Waals surface area (Å²) in [4.78, 5) is 0. The molecule has 14 heavy (non-hydrogen) atoms. The fourth-order valence-electron chi connectivity index (χ4n) is 1.63. The lowest BCUT2D eigenvalue weighted by Crippen LogP contribution is -2.09. The lowest BCUT2D eigenvalue weighted by Gasteiger charge is -1.98. The molecule has 0 bridgehead atoms. The van der Waals surface area contributed by atoms with E-state index < -0.39 is 0 Å². The van der Waals surface area contributed by atoms with Crippen LogP contribution in [0.4, 0.5) is 0 Å². The molecule has 2 nitrogen and oxygen atoms in total. The van der Waals surface area contributed by atoms with Crippen LogP contribution in [0.15, 0.2) is 16.8 Å². The molecule has 0 saturated carbocycles. The standard InChI is InChI=1S/C11H20BNO/c1-2-3-4-5-6-7-9-12-11-8-10-13-14-11/h8,10,12H,2-7,9H2,1H3. The van der Waals surface area contributed by atoms with Crippen molar-refractivity contribution < 1.29 is 4.52 Å². The molecule has 0 unspecified atom stereocenters. The first-order chi connectivity index (χ1) is 6.93. The van der Waals surface area contributed by atoms with Crippen LogP contribution < -0.4 is 5.66 Å². The van der Waals surface area contributed by atoms with Gasteiger partial charge in [-0.15, -0.1) is 0 Å². The van der Waals surface area contributed by atoms with Crippen LogP contribution in [0.3, 0.4) is 0 Å². The Balaban J connectivity index is 1.85. The third-order valence-corrected chi connectivity index (χ3v) is 2.52. The van der Waals surface area contributed by atoms with Gasteiger partial charge in [0.2, 0.25) is 7.28 Å². The van der Waals surface area contributed by atoms with E-state index in [9.17, 15) is 0 Å².